The Kier molecular flexibility index (Phi) is 19.7. The number of carboxylic acids is 1. The molecule has 61 heavy (non-hydrogen) atoms. The van der Waals surface area contributed by atoms with E-state index in [4.69, 9.17) is 20.3 Å². The predicted molar refractivity (Wildman–Crippen MR) is 234 cm³/mol. The fourth-order valence-corrected chi connectivity index (χ4v) is 8.95. The van der Waals surface area contributed by atoms with Crippen LogP contribution in [0.1, 0.15) is 92.6 Å². The van der Waals surface area contributed by atoms with Crippen LogP contribution in [0.5, 0.6) is 0 Å². The van der Waals surface area contributed by atoms with Crippen molar-refractivity contribution in [2.45, 2.75) is 136 Å². The summed E-state index contributed by atoms with van der Waals surface area (Å²) in [7, 11) is 6.51. The van der Waals surface area contributed by atoms with Crippen molar-refractivity contribution in [2.24, 2.45) is 29.4 Å². The number of hydrogen-bond acceptors (Lipinski definition) is 9. The summed E-state index contributed by atoms with van der Waals surface area (Å²) >= 11 is 0. The number of likely N-dealkylation sites (tertiary alicyclic amines) is 1. The van der Waals surface area contributed by atoms with Gasteiger partial charge in [0, 0.05) is 57.8 Å². The number of primary amides is 1. The molecule has 0 saturated carbocycles. The molecule has 1 fully saturated rings. The second-order valence-corrected chi connectivity index (χ2v) is 17.5. The second-order valence-electron chi connectivity index (χ2n) is 17.5. The summed E-state index contributed by atoms with van der Waals surface area (Å²) in [6.07, 6.45) is 2.93. The number of nitrogens with zero attached hydrogens (tertiary/aromatic N) is 3. The number of H-pyrrole nitrogens is 1. The number of aromatic amines is 1. The Balaban J connectivity index is 1.77. The molecule has 0 spiro atoms. The molecule has 2 heterocycles. The molecule has 1 aromatic carbocycles. The van der Waals surface area contributed by atoms with Crippen LogP contribution in [0.25, 0.3) is 10.9 Å². The van der Waals surface area contributed by atoms with E-state index >= 15 is 0 Å². The van der Waals surface area contributed by atoms with Gasteiger partial charge in [0.25, 0.3) is 0 Å². The number of ether oxygens (including phenoxy) is 2. The quantitative estimate of drug-likeness (QED) is 0.0979. The van der Waals surface area contributed by atoms with Crippen molar-refractivity contribution < 1.29 is 43.3 Å². The molecular weight excluding hydrogens is 783 g/mol. The molecular formula is C45H73N7O9. The third-order valence-electron chi connectivity index (χ3n) is 12.5. The van der Waals surface area contributed by atoms with Crippen LogP contribution in [0.3, 0.4) is 0 Å². The zero-order chi connectivity index (χ0) is 45.7. The lowest BCUT2D eigenvalue weighted by Gasteiger charge is -2.41. The normalized spacial score (nSPS) is 18.3. The molecule has 6 N–H and O–H groups in total. The fourth-order valence-electron chi connectivity index (χ4n) is 8.95. The summed E-state index contributed by atoms with van der Waals surface area (Å²) in [6.45, 7) is 14.1. The lowest BCUT2D eigenvalue weighted by molar-refractivity contribution is -0.148. The highest BCUT2D eigenvalue weighted by Gasteiger charge is 2.43. The molecule has 1 saturated heterocycles. The van der Waals surface area contributed by atoms with Gasteiger partial charge < -0.3 is 45.7 Å². The third-order valence-corrected chi connectivity index (χ3v) is 12.5. The van der Waals surface area contributed by atoms with E-state index in [1.54, 1.807) is 30.8 Å². The van der Waals surface area contributed by atoms with Gasteiger partial charge in [-0.3, -0.25) is 33.7 Å². The molecule has 9 unspecified atom stereocenters. The number of methoxy groups -OCH3 is 2. The Morgan fingerprint density at radius 3 is 2.21 bits per heavy atom. The van der Waals surface area contributed by atoms with Crippen LogP contribution in [0.15, 0.2) is 30.5 Å². The molecule has 1 aliphatic heterocycles. The topological polar surface area (TPSA) is 217 Å². The number of fused-ring (bicyclic) bond motifs is 1. The van der Waals surface area contributed by atoms with Gasteiger partial charge in [0.2, 0.25) is 29.5 Å². The molecule has 0 radical (unpaired) electrons. The van der Waals surface area contributed by atoms with Gasteiger partial charge in [0.15, 0.2) is 0 Å². The van der Waals surface area contributed by atoms with Crippen molar-refractivity contribution in [1.82, 2.24) is 30.3 Å². The van der Waals surface area contributed by atoms with Crippen LogP contribution in [0.4, 0.5) is 0 Å². The van der Waals surface area contributed by atoms with Crippen LogP contribution in [-0.2, 0) is 44.7 Å². The molecule has 16 heteroatoms. The zero-order valence-corrected chi connectivity index (χ0v) is 38.2. The summed E-state index contributed by atoms with van der Waals surface area (Å²) in [5, 5.41) is 15.9. The maximum atomic E-state index is 14.4. The van der Waals surface area contributed by atoms with Gasteiger partial charge in [-0.25, -0.2) is 0 Å². The molecule has 0 bridgehead atoms. The van der Waals surface area contributed by atoms with Crippen LogP contribution in [0.2, 0.25) is 0 Å². The molecule has 0 aliphatic carbocycles. The number of nitrogens with two attached hydrogens (primary N) is 1. The summed E-state index contributed by atoms with van der Waals surface area (Å²) in [4.78, 5) is 88.4. The van der Waals surface area contributed by atoms with E-state index in [-0.39, 0.29) is 54.7 Å². The van der Waals surface area contributed by atoms with Crippen molar-refractivity contribution >= 4 is 46.4 Å². The van der Waals surface area contributed by atoms with E-state index in [1.807, 2.05) is 76.9 Å². The Bertz CT molecular complexity index is 1780. The SMILES string of the molecule is CCC(C)C(C(CC(=O)N1CCCC1C(OC)C(C)C(=O)NC(Cc1c[nH]c2ccccc12)C(N)=O)OC)N(C)C(=O)C(NC(=O)C(C(C)C)N(C)CCCC(=O)O)C(C)C. The van der Waals surface area contributed by atoms with Crippen LogP contribution < -0.4 is 16.4 Å². The number of nitrogens with one attached hydrogen (secondary N) is 3. The Hall–Kier alpha value is -4.54. The lowest BCUT2D eigenvalue weighted by atomic mass is 9.89. The number of aliphatic carboxylic acids is 1. The van der Waals surface area contributed by atoms with Gasteiger partial charge in [0.05, 0.1) is 42.7 Å². The Labute approximate surface area is 362 Å². The maximum absolute atomic E-state index is 14.4. The largest absolute Gasteiger partial charge is 0.481 e. The van der Waals surface area contributed by atoms with E-state index in [2.05, 4.69) is 15.6 Å². The highest BCUT2D eigenvalue weighted by molar-refractivity contribution is 5.91. The number of rotatable bonds is 25. The van der Waals surface area contributed by atoms with Gasteiger partial charge in [-0.05, 0) is 62.2 Å². The predicted octanol–water partition coefficient (Wildman–Crippen LogP) is 3.56. The van der Waals surface area contributed by atoms with E-state index in [9.17, 15) is 28.8 Å². The number of para-hydroxylation sites is 1. The molecule has 3 rings (SSSR count). The maximum Gasteiger partial charge on any atom is 0.303 e. The number of carbonyl (C=O) groups excluding carboxylic acids is 5. The van der Waals surface area contributed by atoms with Crippen molar-refractivity contribution in [1.29, 1.82) is 0 Å². The van der Waals surface area contributed by atoms with E-state index in [0.29, 0.717) is 38.8 Å². The number of amides is 5. The molecule has 2 aromatic rings. The van der Waals surface area contributed by atoms with E-state index in [0.717, 1.165) is 16.5 Å². The monoisotopic (exact) mass is 856 g/mol. The summed E-state index contributed by atoms with van der Waals surface area (Å²) < 4.78 is 12.0. The molecule has 342 valence electrons. The number of carbonyl (C=O) groups is 6. The van der Waals surface area contributed by atoms with Gasteiger partial charge >= 0.3 is 5.97 Å². The molecule has 16 nitrogen and oxygen atoms in total. The summed E-state index contributed by atoms with van der Waals surface area (Å²) in [6, 6.07) is 4.28. The summed E-state index contributed by atoms with van der Waals surface area (Å²) in [5.41, 5.74) is 7.54. The smallest absolute Gasteiger partial charge is 0.303 e. The van der Waals surface area contributed by atoms with Crippen LogP contribution in [0, 0.1) is 23.7 Å². The first-order valence-corrected chi connectivity index (χ1v) is 21.8. The van der Waals surface area contributed by atoms with Crippen LogP contribution >= 0.6 is 0 Å². The van der Waals surface area contributed by atoms with Gasteiger partial charge in [-0.1, -0.05) is 73.1 Å². The van der Waals surface area contributed by atoms with E-state index < -0.39 is 66.1 Å². The number of benzene rings is 1. The van der Waals surface area contributed by atoms with Gasteiger partial charge in [0.1, 0.15) is 12.1 Å². The minimum atomic E-state index is -0.968. The number of aromatic nitrogens is 1. The van der Waals surface area contributed by atoms with Gasteiger partial charge in [-0.2, -0.15) is 0 Å². The first-order valence-electron chi connectivity index (χ1n) is 21.8. The average Bonchev–Trinajstić information content (AvgIpc) is 3.86. The minimum Gasteiger partial charge on any atom is -0.481 e. The first-order chi connectivity index (χ1) is 28.8. The molecule has 9 atom stereocenters. The fraction of sp³-hybridized carbons (Fsp3) is 0.689. The standard InChI is InChI=1S/C45H73N7O9/c1-12-28(6)40(51(9)45(59)38(26(2)3)49-44(58)39(27(4)5)50(8)21-16-20-37(54)55)35(60-10)24-36(53)52-22-15-19-34(52)41(61-11)29(7)43(57)48-33(42(46)56)23-30-25-47-32-18-14-13-17-31(30)32/h13-14,17-18,25-29,33-35,38-41,47H,12,15-16,19-24H2,1-11H3,(H2,46,56)(H,48,57)(H,49,58)(H,54,55). The highest BCUT2D eigenvalue weighted by Crippen LogP contribution is 2.30. The average molecular weight is 856 g/mol. The third kappa shape index (κ3) is 13.2. The minimum absolute atomic E-state index is 0.0110. The second kappa shape index (κ2) is 23.6. The molecule has 1 aliphatic rings. The Morgan fingerprint density at radius 2 is 1.64 bits per heavy atom. The number of carboxylic acid groups (broad SMARTS) is 1. The lowest BCUT2D eigenvalue weighted by Crippen LogP contribution is -2.60. The zero-order valence-electron chi connectivity index (χ0n) is 38.2. The molecule has 5 amide bonds. The highest BCUT2D eigenvalue weighted by atomic mass is 16.5. The van der Waals surface area contributed by atoms with Crippen molar-refractivity contribution in [3.8, 4) is 0 Å². The Morgan fingerprint density at radius 1 is 0.967 bits per heavy atom. The van der Waals surface area contributed by atoms with Crippen molar-refractivity contribution in [2.75, 3.05) is 41.4 Å². The summed E-state index contributed by atoms with van der Waals surface area (Å²) in [5.74, 6) is -4.03. The number of likely N-dealkylation sites (N-methyl/N-ethyl adjacent to an activating group) is 2. The van der Waals surface area contributed by atoms with E-state index in [1.165, 1.54) is 14.2 Å². The van der Waals surface area contributed by atoms with Crippen molar-refractivity contribution in [3.05, 3.63) is 36.0 Å². The van der Waals surface area contributed by atoms with Gasteiger partial charge in [-0.15, -0.1) is 0 Å². The number of hydrogen-bond donors (Lipinski definition) is 5. The molecule has 1 aromatic heterocycles. The van der Waals surface area contributed by atoms with Crippen molar-refractivity contribution in [3.63, 3.8) is 0 Å². The first kappa shape index (κ1) is 50.8. The van der Waals surface area contributed by atoms with Crippen LogP contribution in [-0.4, -0.2) is 144 Å².